The van der Waals surface area contributed by atoms with Gasteiger partial charge in [-0.1, -0.05) is 23.8 Å². The molecule has 0 radical (unpaired) electrons. The molecule has 0 spiro atoms. The molecule has 0 saturated heterocycles. The lowest BCUT2D eigenvalue weighted by molar-refractivity contribution is 0.392. The van der Waals surface area contributed by atoms with Crippen LogP contribution in [0.15, 0.2) is 69.8 Å². The van der Waals surface area contributed by atoms with E-state index in [-0.39, 0.29) is 22.1 Å². The van der Waals surface area contributed by atoms with Gasteiger partial charge in [0.05, 0.1) is 19.1 Å². The SMILES string of the molecule is COc1ccc(OC)c(S(=O)(=O)NC[C@@H](c2cccs2)S(=O)(=O)c2ccc(C)cc2)c1. The van der Waals surface area contributed by atoms with Gasteiger partial charge in [0.1, 0.15) is 21.6 Å². The molecular formula is C21H23NO6S3. The van der Waals surface area contributed by atoms with Gasteiger partial charge in [-0.2, -0.15) is 0 Å². The third kappa shape index (κ3) is 5.09. The summed E-state index contributed by atoms with van der Waals surface area (Å²) in [5.41, 5.74) is 0.928. The van der Waals surface area contributed by atoms with Gasteiger partial charge < -0.3 is 9.47 Å². The predicted octanol–water partition coefficient (Wildman–Crippen LogP) is 3.57. The van der Waals surface area contributed by atoms with Crippen LogP contribution in [0, 0.1) is 6.92 Å². The summed E-state index contributed by atoms with van der Waals surface area (Å²) in [6.07, 6.45) is 0. The molecule has 3 rings (SSSR count). The smallest absolute Gasteiger partial charge is 0.244 e. The summed E-state index contributed by atoms with van der Waals surface area (Å²) >= 11 is 1.26. The van der Waals surface area contributed by atoms with E-state index in [0.717, 1.165) is 5.56 Å². The molecule has 1 N–H and O–H groups in total. The summed E-state index contributed by atoms with van der Waals surface area (Å²) < 4.78 is 65.5. The number of rotatable bonds is 9. The van der Waals surface area contributed by atoms with E-state index in [1.165, 1.54) is 49.8 Å². The molecule has 10 heteroatoms. The van der Waals surface area contributed by atoms with Crippen LogP contribution in [0.2, 0.25) is 0 Å². The quantitative estimate of drug-likeness (QED) is 0.502. The monoisotopic (exact) mass is 481 g/mol. The van der Waals surface area contributed by atoms with Crippen molar-refractivity contribution in [3.63, 3.8) is 0 Å². The average molecular weight is 482 g/mol. The first kappa shape index (κ1) is 23.3. The minimum atomic E-state index is -4.09. The summed E-state index contributed by atoms with van der Waals surface area (Å²) in [4.78, 5) is 0.544. The number of sulfonamides is 1. The topological polar surface area (TPSA) is 98.8 Å². The molecule has 31 heavy (non-hydrogen) atoms. The van der Waals surface area contributed by atoms with Crippen LogP contribution in [0.3, 0.4) is 0 Å². The lowest BCUT2D eigenvalue weighted by Gasteiger charge is -2.18. The fourth-order valence-electron chi connectivity index (χ4n) is 2.99. The minimum Gasteiger partial charge on any atom is -0.497 e. The molecule has 0 aliphatic rings. The molecule has 7 nitrogen and oxygen atoms in total. The zero-order valence-corrected chi connectivity index (χ0v) is 19.7. The third-order valence-corrected chi connectivity index (χ3v) is 9.38. The van der Waals surface area contributed by atoms with E-state index in [1.54, 1.807) is 35.7 Å². The molecule has 0 bridgehead atoms. The summed E-state index contributed by atoms with van der Waals surface area (Å²) in [6, 6.07) is 14.3. The Kier molecular flexibility index (Phi) is 7.05. The summed E-state index contributed by atoms with van der Waals surface area (Å²) in [5.74, 6) is 0.464. The molecule has 0 saturated carbocycles. The van der Waals surface area contributed by atoms with Gasteiger partial charge in [-0.3, -0.25) is 0 Å². The molecule has 0 aliphatic carbocycles. The predicted molar refractivity (Wildman–Crippen MR) is 120 cm³/mol. The molecule has 1 atom stereocenters. The first-order valence-corrected chi connectivity index (χ1v) is 13.2. The second-order valence-electron chi connectivity index (χ2n) is 6.73. The van der Waals surface area contributed by atoms with Gasteiger partial charge in [0.2, 0.25) is 10.0 Å². The molecule has 2 aromatic carbocycles. The minimum absolute atomic E-state index is 0.127. The third-order valence-electron chi connectivity index (χ3n) is 4.70. The van der Waals surface area contributed by atoms with Crippen LogP contribution in [0.5, 0.6) is 11.5 Å². The van der Waals surface area contributed by atoms with E-state index in [0.29, 0.717) is 10.6 Å². The largest absolute Gasteiger partial charge is 0.497 e. The number of thiophene rings is 1. The van der Waals surface area contributed by atoms with Crippen LogP contribution in [-0.2, 0) is 19.9 Å². The molecule has 0 aliphatic heterocycles. The molecule has 1 heterocycles. The number of hydrogen-bond acceptors (Lipinski definition) is 7. The summed E-state index contributed by atoms with van der Waals surface area (Å²) in [5, 5.41) is 0.675. The molecule has 0 fully saturated rings. The van der Waals surface area contributed by atoms with Gasteiger partial charge in [-0.25, -0.2) is 21.6 Å². The highest BCUT2D eigenvalue weighted by molar-refractivity contribution is 7.92. The highest BCUT2D eigenvalue weighted by atomic mass is 32.2. The fraction of sp³-hybridized carbons (Fsp3) is 0.238. The highest BCUT2D eigenvalue weighted by Gasteiger charge is 2.32. The zero-order valence-electron chi connectivity index (χ0n) is 17.2. The van der Waals surface area contributed by atoms with Gasteiger partial charge in [0.25, 0.3) is 0 Å². The van der Waals surface area contributed by atoms with Crippen LogP contribution < -0.4 is 14.2 Å². The van der Waals surface area contributed by atoms with Crippen molar-refractivity contribution in [3.05, 3.63) is 70.4 Å². The molecular weight excluding hydrogens is 458 g/mol. The van der Waals surface area contributed by atoms with Crippen molar-refractivity contribution in [1.29, 1.82) is 0 Å². The van der Waals surface area contributed by atoms with Crippen LogP contribution in [0.1, 0.15) is 15.7 Å². The van der Waals surface area contributed by atoms with Crippen molar-refractivity contribution in [3.8, 4) is 11.5 Å². The van der Waals surface area contributed by atoms with E-state index in [9.17, 15) is 16.8 Å². The van der Waals surface area contributed by atoms with Crippen LogP contribution in [0.25, 0.3) is 0 Å². The number of benzene rings is 2. The molecule has 1 aromatic heterocycles. The Bertz CT molecular complexity index is 1230. The Hall–Kier alpha value is -2.40. The number of aryl methyl sites for hydroxylation is 1. The van der Waals surface area contributed by atoms with Gasteiger partial charge >= 0.3 is 0 Å². The molecule has 3 aromatic rings. The van der Waals surface area contributed by atoms with E-state index < -0.39 is 25.1 Å². The Balaban J connectivity index is 1.96. The van der Waals surface area contributed by atoms with Gasteiger partial charge in [-0.15, -0.1) is 11.3 Å². The summed E-state index contributed by atoms with van der Waals surface area (Å²) in [7, 11) is -5.15. The number of sulfone groups is 1. The van der Waals surface area contributed by atoms with Crippen molar-refractivity contribution in [2.24, 2.45) is 0 Å². The lowest BCUT2D eigenvalue weighted by Crippen LogP contribution is -2.32. The second kappa shape index (κ2) is 9.39. The lowest BCUT2D eigenvalue weighted by atomic mass is 10.2. The highest BCUT2D eigenvalue weighted by Crippen LogP contribution is 2.33. The number of hydrogen-bond donors (Lipinski definition) is 1. The Labute approximate surface area is 186 Å². The number of ether oxygens (including phenoxy) is 2. The van der Waals surface area contributed by atoms with Crippen molar-refractivity contribution >= 4 is 31.2 Å². The van der Waals surface area contributed by atoms with Gasteiger partial charge in [-0.05, 0) is 42.6 Å². The van der Waals surface area contributed by atoms with Gasteiger partial charge in [0.15, 0.2) is 9.84 Å². The molecule has 0 amide bonds. The summed E-state index contributed by atoms with van der Waals surface area (Å²) in [6.45, 7) is 1.53. The van der Waals surface area contributed by atoms with E-state index in [4.69, 9.17) is 9.47 Å². The normalized spacial score (nSPS) is 13.0. The second-order valence-corrected chi connectivity index (χ2v) is 11.6. The first-order valence-electron chi connectivity index (χ1n) is 9.24. The van der Waals surface area contributed by atoms with Crippen molar-refractivity contribution in [2.45, 2.75) is 22.0 Å². The maximum atomic E-state index is 13.3. The Morgan fingerprint density at radius 1 is 0.968 bits per heavy atom. The average Bonchev–Trinajstić information content (AvgIpc) is 3.27. The van der Waals surface area contributed by atoms with Crippen molar-refractivity contribution < 1.29 is 26.3 Å². The van der Waals surface area contributed by atoms with E-state index in [2.05, 4.69) is 4.72 Å². The first-order chi connectivity index (χ1) is 14.7. The number of nitrogens with one attached hydrogen (secondary N) is 1. The number of methoxy groups -OCH3 is 2. The van der Waals surface area contributed by atoms with Crippen LogP contribution in [0.4, 0.5) is 0 Å². The van der Waals surface area contributed by atoms with Crippen molar-refractivity contribution in [2.75, 3.05) is 20.8 Å². The molecule has 0 unspecified atom stereocenters. The van der Waals surface area contributed by atoms with Crippen molar-refractivity contribution in [1.82, 2.24) is 4.72 Å². The maximum Gasteiger partial charge on any atom is 0.244 e. The van der Waals surface area contributed by atoms with Crippen LogP contribution >= 0.6 is 11.3 Å². The van der Waals surface area contributed by atoms with E-state index in [1.807, 2.05) is 6.92 Å². The maximum absolute atomic E-state index is 13.3. The fourth-order valence-corrected chi connectivity index (χ4v) is 7.11. The Morgan fingerprint density at radius 2 is 1.68 bits per heavy atom. The van der Waals surface area contributed by atoms with Gasteiger partial charge in [0, 0.05) is 17.5 Å². The van der Waals surface area contributed by atoms with E-state index >= 15 is 0 Å². The zero-order chi connectivity index (χ0) is 22.6. The molecule has 166 valence electrons. The van der Waals surface area contributed by atoms with Crippen LogP contribution in [-0.4, -0.2) is 37.6 Å². The standard InChI is InChI=1S/C21H23NO6S3/c1-15-6-9-17(10-7-15)30(23,24)21(19-5-4-12-29-19)14-22-31(25,26)20-13-16(27-2)8-11-18(20)28-3/h4-13,21-22H,14H2,1-3H3/t21-/m0/s1. The Morgan fingerprint density at radius 3 is 2.26 bits per heavy atom.